The third kappa shape index (κ3) is 4.34. The molecule has 4 amide bonds. The van der Waals surface area contributed by atoms with Crippen LogP contribution < -0.4 is 16.4 Å². The van der Waals surface area contributed by atoms with Crippen LogP contribution >= 0.6 is 11.5 Å². The van der Waals surface area contributed by atoms with Crippen molar-refractivity contribution < 1.29 is 19.1 Å². The summed E-state index contributed by atoms with van der Waals surface area (Å²) in [6, 6.07) is -0.869. The molecule has 2 heterocycles. The van der Waals surface area contributed by atoms with Crippen molar-refractivity contribution in [3.05, 3.63) is 11.3 Å². The minimum atomic E-state index is -0.570. The van der Waals surface area contributed by atoms with E-state index in [2.05, 4.69) is 15.0 Å². The van der Waals surface area contributed by atoms with E-state index in [9.17, 15) is 14.4 Å². The van der Waals surface area contributed by atoms with Crippen LogP contribution in [-0.4, -0.2) is 54.0 Å². The summed E-state index contributed by atoms with van der Waals surface area (Å²) in [5.74, 6) is -0.376. The summed E-state index contributed by atoms with van der Waals surface area (Å²) >= 11 is 1.04. The lowest BCUT2D eigenvalue weighted by molar-refractivity contribution is 0.0601. The number of hydrogen-bond acceptors (Lipinski definition) is 6. The average molecular weight is 355 g/mol. The van der Waals surface area contributed by atoms with Gasteiger partial charge in [0.25, 0.3) is 0 Å². The summed E-state index contributed by atoms with van der Waals surface area (Å²) in [5.41, 5.74) is 5.87. The first-order chi connectivity index (χ1) is 11.4. The van der Waals surface area contributed by atoms with Crippen molar-refractivity contribution >= 4 is 34.6 Å². The Morgan fingerprint density at radius 2 is 2.21 bits per heavy atom. The highest BCUT2D eigenvalue weighted by molar-refractivity contribution is 7.11. The van der Waals surface area contributed by atoms with Crippen LogP contribution in [0.4, 0.5) is 14.6 Å². The van der Waals surface area contributed by atoms with E-state index in [1.807, 2.05) is 0 Å². The number of nitrogens with one attached hydrogen (secondary N) is 2. The molecular formula is C14H21N5O4S. The molecule has 0 radical (unpaired) electrons. The van der Waals surface area contributed by atoms with E-state index < -0.39 is 12.0 Å². The predicted octanol–water partition coefficient (Wildman–Crippen LogP) is 1.15. The van der Waals surface area contributed by atoms with Crippen molar-refractivity contribution in [1.82, 2.24) is 14.6 Å². The molecule has 0 aromatic carbocycles. The number of urea groups is 2. The Morgan fingerprint density at radius 1 is 1.46 bits per heavy atom. The number of rotatable bonds is 4. The van der Waals surface area contributed by atoms with Crippen molar-refractivity contribution in [1.29, 1.82) is 0 Å². The molecule has 9 nitrogen and oxygen atoms in total. The maximum atomic E-state index is 12.5. The molecule has 0 saturated carbocycles. The smallest absolute Gasteiger partial charge is 0.342 e. The van der Waals surface area contributed by atoms with Gasteiger partial charge in [0.1, 0.15) is 10.6 Å². The van der Waals surface area contributed by atoms with Gasteiger partial charge in [0.15, 0.2) is 0 Å². The van der Waals surface area contributed by atoms with Gasteiger partial charge in [0, 0.05) is 19.6 Å². The number of piperidine rings is 1. The first-order valence-corrected chi connectivity index (χ1v) is 8.33. The highest BCUT2D eigenvalue weighted by atomic mass is 32.1. The zero-order valence-corrected chi connectivity index (χ0v) is 14.4. The Balaban J connectivity index is 1.99. The number of aryl methyl sites for hydroxylation is 1. The van der Waals surface area contributed by atoms with Crippen LogP contribution in [-0.2, 0) is 4.74 Å². The van der Waals surface area contributed by atoms with E-state index in [1.54, 1.807) is 11.8 Å². The summed E-state index contributed by atoms with van der Waals surface area (Å²) in [6.07, 6.45) is 1.75. The summed E-state index contributed by atoms with van der Waals surface area (Å²) in [7, 11) is 1.28. The summed E-state index contributed by atoms with van der Waals surface area (Å²) in [4.78, 5) is 36.7. The van der Waals surface area contributed by atoms with E-state index in [0.29, 0.717) is 30.3 Å². The lowest BCUT2D eigenvalue weighted by atomic mass is 9.98. The molecule has 10 heteroatoms. The molecule has 1 aromatic heterocycles. The zero-order chi connectivity index (χ0) is 17.7. The predicted molar refractivity (Wildman–Crippen MR) is 89.1 cm³/mol. The molecule has 1 saturated heterocycles. The number of nitrogens with two attached hydrogens (primary N) is 1. The number of ether oxygens (including phenoxy) is 1. The van der Waals surface area contributed by atoms with Crippen LogP contribution in [0, 0.1) is 12.8 Å². The number of primary amides is 1. The van der Waals surface area contributed by atoms with Gasteiger partial charge in [-0.1, -0.05) is 0 Å². The summed E-state index contributed by atoms with van der Waals surface area (Å²) in [6.45, 7) is 3.25. The van der Waals surface area contributed by atoms with Gasteiger partial charge in [-0.25, -0.2) is 14.4 Å². The third-order valence-electron chi connectivity index (χ3n) is 3.84. The Bertz CT molecular complexity index is 633. The molecule has 1 aliphatic heterocycles. The van der Waals surface area contributed by atoms with E-state index in [0.717, 1.165) is 24.4 Å². The molecular weight excluding hydrogens is 334 g/mol. The fourth-order valence-electron chi connectivity index (χ4n) is 2.63. The van der Waals surface area contributed by atoms with Gasteiger partial charge < -0.3 is 20.7 Å². The molecule has 1 atom stereocenters. The highest BCUT2D eigenvalue weighted by Crippen LogP contribution is 2.26. The maximum absolute atomic E-state index is 12.5. The number of carbonyl (C=O) groups is 3. The highest BCUT2D eigenvalue weighted by Gasteiger charge is 2.26. The quantitative estimate of drug-likeness (QED) is 0.698. The van der Waals surface area contributed by atoms with Gasteiger partial charge in [0.2, 0.25) is 0 Å². The minimum Gasteiger partial charge on any atom is -0.465 e. The largest absolute Gasteiger partial charge is 0.465 e. The number of methoxy groups -OCH3 is 1. The van der Waals surface area contributed by atoms with E-state index in [1.165, 1.54) is 7.11 Å². The average Bonchev–Trinajstić information content (AvgIpc) is 2.93. The lowest BCUT2D eigenvalue weighted by Crippen LogP contribution is -2.46. The molecule has 1 aliphatic rings. The van der Waals surface area contributed by atoms with Gasteiger partial charge in [-0.2, -0.15) is 4.37 Å². The first-order valence-electron chi connectivity index (χ1n) is 7.56. The summed E-state index contributed by atoms with van der Waals surface area (Å²) in [5, 5.41) is 5.68. The van der Waals surface area contributed by atoms with Gasteiger partial charge in [-0.3, -0.25) is 5.32 Å². The topological polar surface area (TPSA) is 127 Å². The van der Waals surface area contributed by atoms with Crippen molar-refractivity contribution in [2.24, 2.45) is 11.7 Å². The number of amides is 4. The molecule has 0 bridgehead atoms. The number of nitrogens with zero attached hydrogens (tertiary/aromatic N) is 2. The van der Waals surface area contributed by atoms with E-state index in [-0.39, 0.29) is 17.5 Å². The summed E-state index contributed by atoms with van der Waals surface area (Å²) < 4.78 is 8.82. The molecule has 1 aromatic rings. The van der Waals surface area contributed by atoms with Crippen LogP contribution in [0.15, 0.2) is 0 Å². The first kappa shape index (κ1) is 18.0. The number of anilines is 1. The fraction of sp³-hybridized carbons (Fsp3) is 0.571. The number of likely N-dealkylation sites (tertiary alicyclic amines) is 1. The molecule has 0 aliphatic carbocycles. The molecule has 1 unspecified atom stereocenters. The number of aromatic nitrogens is 1. The van der Waals surface area contributed by atoms with Crippen molar-refractivity contribution in [3.63, 3.8) is 0 Å². The Labute approximate surface area is 143 Å². The SMILES string of the molecule is COC(=O)c1c(C)nsc1NC(=O)N1CCCC(CNC(N)=O)C1. The van der Waals surface area contributed by atoms with Gasteiger partial charge in [0.05, 0.1) is 12.8 Å². The monoisotopic (exact) mass is 355 g/mol. The number of hydrogen-bond donors (Lipinski definition) is 3. The van der Waals surface area contributed by atoms with Crippen LogP contribution in [0.25, 0.3) is 0 Å². The molecule has 1 fully saturated rings. The van der Waals surface area contributed by atoms with Crippen molar-refractivity contribution in [2.45, 2.75) is 19.8 Å². The third-order valence-corrected chi connectivity index (χ3v) is 4.70. The zero-order valence-electron chi connectivity index (χ0n) is 13.6. The van der Waals surface area contributed by atoms with Crippen molar-refractivity contribution in [2.75, 3.05) is 32.1 Å². The Hall–Kier alpha value is -2.36. The van der Waals surface area contributed by atoms with Gasteiger partial charge in [-0.15, -0.1) is 0 Å². The second-order valence-electron chi connectivity index (χ2n) is 5.59. The Morgan fingerprint density at radius 3 is 2.88 bits per heavy atom. The van der Waals surface area contributed by atoms with Gasteiger partial charge >= 0.3 is 18.0 Å². The Kier molecular flexibility index (Phi) is 5.96. The van der Waals surface area contributed by atoms with E-state index in [4.69, 9.17) is 10.5 Å². The van der Waals surface area contributed by atoms with Crippen LogP contribution in [0.2, 0.25) is 0 Å². The van der Waals surface area contributed by atoms with Crippen LogP contribution in [0.1, 0.15) is 28.9 Å². The van der Waals surface area contributed by atoms with Crippen molar-refractivity contribution in [3.8, 4) is 0 Å². The van der Waals surface area contributed by atoms with Crippen LogP contribution in [0.5, 0.6) is 0 Å². The molecule has 4 N–H and O–H groups in total. The standard InChI is InChI=1S/C14H21N5O4S/c1-8-10(12(20)23-2)11(24-18-8)17-14(22)19-5-3-4-9(7-19)6-16-13(15)21/h9H,3-7H2,1-2H3,(H,17,22)(H3,15,16,21). The van der Waals surface area contributed by atoms with Crippen LogP contribution in [0.3, 0.4) is 0 Å². The fourth-order valence-corrected chi connectivity index (χ4v) is 3.41. The number of esters is 1. The second-order valence-corrected chi connectivity index (χ2v) is 6.37. The van der Waals surface area contributed by atoms with Gasteiger partial charge in [-0.05, 0) is 37.2 Å². The second kappa shape index (κ2) is 7.95. The normalized spacial score (nSPS) is 17.2. The number of carbonyl (C=O) groups excluding carboxylic acids is 3. The minimum absolute atomic E-state index is 0.153. The molecule has 2 rings (SSSR count). The lowest BCUT2D eigenvalue weighted by Gasteiger charge is -2.32. The molecule has 24 heavy (non-hydrogen) atoms. The molecule has 0 spiro atoms. The maximum Gasteiger partial charge on any atom is 0.342 e. The molecule has 132 valence electrons. The van der Waals surface area contributed by atoms with E-state index >= 15 is 0 Å².